The third-order valence-corrected chi connectivity index (χ3v) is 3.87. The van der Waals surface area contributed by atoms with E-state index in [1.807, 2.05) is 0 Å². The average molecular weight is 277 g/mol. The van der Waals surface area contributed by atoms with Gasteiger partial charge < -0.3 is 15.8 Å². The van der Waals surface area contributed by atoms with Gasteiger partial charge in [-0.15, -0.1) is 0 Å². The number of pyridine rings is 1. The molecule has 1 heterocycles. The second-order valence-electron chi connectivity index (χ2n) is 5.38. The Labute approximate surface area is 119 Å². The van der Waals surface area contributed by atoms with Crippen LogP contribution in [0.25, 0.3) is 0 Å². The van der Waals surface area contributed by atoms with E-state index >= 15 is 0 Å². The summed E-state index contributed by atoms with van der Waals surface area (Å²) in [7, 11) is 1.36. The number of rotatable bonds is 6. The molecule has 0 radical (unpaired) electrons. The van der Waals surface area contributed by atoms with Gasteiger partial charge in [0.25, 0.3) is 0 Å². The van der Waals surface area contributed by atoms with Crippen molar-refractivity contribution in [3.63, 3.8) is 0 Å². The zero-order valence-corrected chi connectivity index (χ0v) is 12.0. The minimum Gasteiger partial charge on any atom is -0.465 e. The molecular weight excluding hydrogens is 254 g/mol. The molecule has 1 saturated carbocycles. The van der Waals surface area contributed by atoms with Crippen LogP contribution in [0.3, 0.4) is 0 Å². The molecule has 5 nitrogen and oxygen atoms in total. The number of nitrogens with zero attached hydrogens (tertiary/aromatic N) is 1. The van der Waals surface area contributed by atoms with E-state index in [1.165, 1.54) is 39.2 Å². The first-order chi connectivity index (χ1) is 9.70. The lowest BCUT2D eigenvalue weighted by Gasteiger charge is -2.12. The first kappa shape index (κ1) is 14.6. The molecule has 2 rings (SSSR count). The Hall–Kier alpha value is -1.78. The van der Waals surface area contributed by atoms with Gasteiger partial charge in [-0.2, -0.15) is 0 Å². The van der Waals surface area contributed by atoms with Crippen molar-refractivity contribution >= 4 is 17.5 Å². The summed E-state index contributed by atoms with van der Waals surface area (Å²) in [6.07, 6.45) is 9.38. The topological polar surface area (TPSA) is 77.2 Å². The monoisotopic (exact) mass is 277 g/mol. The van der Waals surface area contributed by atoms with Crippen LogP contribution in [0, 0.1) is 5.92 Å². The van der Waals surface area contributed by atoms with Crippen molar-refractivity contribution in [3.8, 4) is 0 Å². The summed E-state index contributed by atoms with van der Waals surface area (Å²) in [5, 5.41) is 3.21. The molecule has 0 aliphatic heterocycles. The van der Waals surface area contributed by atoms with Crippen molar-refractivity contribution in [3.05, 3.63) is 17.8 Å². The smallest absolute Gasteiger partial charge is 0.341 e. The Morgan fingerprint density at radius 1 is 1.50 bits per heavy atom. The Morgan fingerprint density at radius 3 is 2.95 bits per heavy atom. The van der Waals surface area contributed by atoms with Crippen LogP contribution < -0.4 is 11.1 Å². The van der Waals surface area contributed by atoms with Gasteiger partial charge in [-0.3, -0.25) is 0 Å². The lowest BCUT2D eigenvalue weighted by Crippen LogP contribution is -2.12. The number of aromatic nitrogens is 1. The molecule has 1 aliphatic rings. The normalized spacial score (nSPS) is 15.2. The van der Waals surface area contributed by atoms with E-state index in [0.717, 1.165) is 18.9 Å². The van der Waals surface area contributed by atoms with E-state index in [0.29, 0.717) is 17.1 Å². The van der Waals surface area contributed by atoms with Crippen molar-refractivity contribution < 1.29 is 9.53 Å². The summed E-state index contributed by atoms with van der Waals surface area (Å²) in [4.78, 5) is 15.9. The van der Waals surface area contributed by atoms with Crippen LogP contribution in [0.4, 0.5) is 11.5 Å². The Morgan fingerprint density at radius 2 is 2.25 bits per heavy atom. The molecule has 0 atom stereocenters. The number of hydrogen-bond acceptors (Lipinski definition) is 5. The van der Waals surface area contributed by atoms with Crippen LogP contribution >= 0.6 is 0 Å². The number of carbonyl (C=O) groups excluding carboxylic acids is 1. The lowest BCUT2D eigenvalue weighted by atomic mass is 10.0. The van der Waals surface area contributed by atoms with Gasteiger partial charge in [0.05, 0.1) is 19.0 Å². The van der Waals surface area contributed by atoms with E-state index in [-0.39, 0.29) is 0 Å². The summed E-state index contributed by atoms with van der Waals surface area (Å²) in [6, 6.07) is 1.60. The number of carbonyl (C=O) groups is 1. The van der Waals surface area contributed by atoms with Crippen molar-refractivity contribution in [2.24, 2.45) is 5.92 Å². The summed E-state index contributed by atoms with van der Waals surface area (Å²) in [6.45, 7) is 0.817. The fourth-order valence-corrected chi connectivity index (χ4v) is 2.78. The molecule has 3 N–H and O–H groups in total. The third kappa shape index (κ3) is 3.85. The van der Waals surface area contributed by atoms with Gasteiger partial charge in [0, 0.05) is 6.54 Å². The van der Waals surface area contributed by atoms with Gasteiger partial charge in [-0.1, -0.05) is 25.7 Å². The molecule has 0 aromatic carbocycles. The summed E-state index contributed by atoms with van der Waals surface area (Å²) < 4.78 is 4.75. The number of nitrogen functional groups attached to an aromatic ring is 1. The number of hydrogen-bond donors (Lipinski definition) is 2. The highest BCUT2D eigenvalue weighted by atomic mass is 16.5. The van der Waals surface area contributed by atoms with Crippen LogP contribution in [-0.4, -0.2) is 24.6 Å². The maximum atomic E-state index is 11.7. The van der Waals surface area contributed by atoms with Crippen molar-refractivity contribution in [1.29, 1.82) is 0 Å². The van der Waals surface area contributed by atoms with Crippen LogP contribution in [0.5, 0.6) is 0 Å². The fraction of sp³-hybridized carbons (Fsp3) is 0.600. The maximum absolute atomic E-state index is 11.7. The third-order valence-electron chi connectivity index (χ3n) is 3.87. The van der Waals surface area contributed by atoms with Crippen molar-refractivity contribution in [2.75, 3.05) is 24.7 Å². The largest absolute Gasteiger partial charge is 0.465 e. The first-order valence-corrected chi connectivity index (χ1v) is 7.28. The molecule has 20 heavy (non-hydrogen) atoms. The molecule has 1 aromatic heterocycles. The Balaban J connectivity index is 1.86. The zero-order valence-electron chi connectivity index (χ0n) is 12.0. The zero-order chi connectivity index (χ0) is 14.4. The molecule has 1 aliphatic carbocycles. The second kappa shape index (κ2) is 7.12. The van der Waals surface area contributed by atoms with E-state index in [1.54, 1.807) is 12.3 Å². The molecule has 1 fully saturated rings. The average Bonchev–Trinajstić information content (AvgIpc) is 2.97. The molecule has 0 bridgehead atoms. The van der Waals surface area contributed by atoms with E-state index in [4.69, 9.17) is 10.5 Å². The summed E-state index contributed by atoms with van der Waals surface area (Å²) in [5.74, 6) is 1.02. The number of ether oxygens (including phenoxy) is 1. The second-order valence-corrected chi connectivity index (χ2v) is 5.38. The predicted octanol–water partition coefficient (Wildman–Crippen LogP) is 2.83. The van der Waals surface area contributed by atoms with E-state index in [2.05, 4.69) is 10.3 Å². The van der Waals surface area contributed by atoms with Crippen molar-refractivity contribution in [1.82, 2.24) is 4.98 Å². The van der Waals surface area contributed by atoms with Crippen LogP contribution in [0.2, 0.25) is 0 Å². The molecule has 5 heteroatoms. The predicted molar refractivity (Wildman–Crippen MR) is 79.7 cm³/mol. The highest BCUT2D eigenvalue weighted by Crippen LogP contribution is 2.28. The van der Waals surface area contributed by atoms with Gasteiger partial charge in [0.2, 0.25) is 0 Å². The highest BCUT2D eigenvalue weighted by Gasteiger charge is 2.15. The molecule has 0 unspecified atom stereocenters. The summed E-state index contributed by atoms with van der Waals surface area (Å²) >= 11 is 0. The van der Waals surface area contributed by atoms with E-state index < -0.39 is 5.97 Å². The van der Waals surface area contributed by atoms with Gasteiger partial charge in [-0.25, -0.2) is 9.78 Å². The molecule has 0 amide bonds. The molecular formula is C15H23N3O2. The minimum atomic E-state index is -0.414. The SMILES string of the molecule is COC(=O)c1cc(N)cnc1NCCCC1CCCC1. The summed E-state index contributed by atoms with van der Waals surface area (Å²) in [5.41, 5.74) is 6.52. The van der Waals surface area contributed by atoms with Crippen LogP contribution in [0.1, 0.15) is 48.9 Å². The fourth-order valence-electron chi connectivity index (χ4n) is 2.78. The van der Waals surface area contributed by atoms with Gasteiger partial charge in [-0.05, 0) is 24.8 Å². The van der Waals surface area contributed by atoms with Gasteiger partial charge in [0.15, 0.2) is 0 Å². The maximum Gasteiger partial charge on any atom is 0.341 e. The molecule has 0 saturated heterocycles. The standard InChI is InChI=1S/C15H23N3O2/c1-20-15(19)13-9-12(16)10-18-14(13)17-8-4-7-11-5-2-3-6-11/h9-11H,2-8,16H2,1H3,(H,17,18). The number of nitrogens with one attached hydrogen (secondary N) is 1. The quantitative estimate of drug-likeness (QED) is 0.617. The van der Waals surface area contributed by atoms with E-state index in [9.17, 15) is 4.79 Å². The Bertz CT molecular complexity index is 456. The molecule has 0 spiro atoms. The van der Waals surface area contributed by atoms with Gasteiger partial charge in [0.1, 0.15) is 11.4 Å². The number of nitrogens with two attached hydrogens (primary N) is 1. The number of esters is 1. The Kier molecular flexibility index (Phi) is 5.21. The van der Waals surface area contributed by atoms with Crippen LogP contribution in [-0.2, 0) is 4.74 Å². The molecule has 110 valence electrons. The van der Waals surface area contributed by atoms with Crippen molar-refractivity contribution in [2.45, 2.75) is 38.5 Å². The first-order valence-electron chi connectivity index (χ1n) is 7.28. The molecule has 1 aromatic rings. The van der Waals surface area contributed by atoms with Gasteiger partial charge >= 0.3 is 5.97 Å². The lowest BCUT2D eigenvalue weighted by molar-refractivity contribution is 0.0601. The highest BCUT2D eigenvalue weighted by molar-refractivity contribution is 5.95. The number of anilines is 2. The number of methoxy groups -OCH3 is 1. The minimum absolute atomic E-state index is 0.397. The van der Waals surface area contributed by atoms with Crippen LogP contribution in [0.15, 0.2) is 12.3 Å².